The first kappa shape index (κ1) is 28.2. The molecule has 0 amide bonds. The van der Waals surface area contributed by atoms with Gasteiger partial charge in [-0.2, -0.15) is 0 Å². The molecule has 0 aliphatic carbocycles. The maximum atomic E-state index is 6.48. The zero-order valence-corrected chi connectivity index (χ0v) is 27.8. The number of aromatic nitrogens is 3. The summed E-state index contributed by atoms with van der Waals surface area (Å²) in [4.78, 5) is 15.3. The van der Waals surface area contributed by atoms with E-state index in [1.807, 2.05) is 36.4 Å². The number of benzene rings is 7. The predicted molar refractivity (Wildman–Crippen MR) is 209 cm³/mol. The Bertz CT molecular complexity index is 3160. The number of nitrogens with zero attached hydrogens (tertiary/aromatic N) is 3. The molecule has 6 heteroatoms. The molecule has 51 heavy (non-hydrogen) atoms. The number of furan rings is 2. The molecule has 11 aromatic rings. The van der Waals surface area contributed by atoms with Crippen molar-refractivity contribution in [3.63, 3.8) is 0 Å². The van der Waals surface area contributed by atoms with Crippen molar-refractivity contribution in [2.45, 2.75) is 0 Å². The highest BCUT2D eigenvalue weighted by Gasteiger charge is 2.17. The Hall–Kier alpha value is -6.63. The van der Waals surface area contributed by atoms with Gasteiger partial charge in [0.2, 0.25) is 0 Å². The summed E-state index contributed by atoms with van der Waals surface area (Å²) in [5.41, 5.74) is 8.18. The molecule has 0 saturated heterocycles. The number of rotatable bonds is 4. The van der Waals surface area contributed by atoms with Crippen LogP contribution in [0.25, 0.3) is 109 Å². The summed E-state index contributed by atoms with van der Waals surface area (Å²) in [5.74, 6) is 1.75. The van der Waals surface area contributed by atoms with E-state index in [-0.39, 0.29) is 0 Å². The fourth-order valence-electron chi connectivity index (χ4n) is 7.22. The maximum absolute atomic E-state index is 6.48. The lowest BCUT2D eigenvalue weighted by Gasteiger charge is -2.09. The molecular weight excluding hydrogens is 647 g/mol. The molecule has 0 bridgehead atoms. The van der Waals surface area contributed by atoms with E-state index >= 15 is 0 Å². The molecule has 4 heterocycles. The van der Waals surface area contributed by atoms with E-state index in [1.165, 1.54) is 20.2 Å². The van der Waals surface area contributed by atoms with Gasteiger partial charge in [0.1, 0.15) is 22.3 Å². The summed E-state index contributed by atoms with van der Waals surface area (Å²) in [6.07, 6.45) is 0. The van der Waals surface area contributed by atoms with Crippen molar-refractivity contribution in [3.05, 3.63) is 152 Å². The van der Waals surface area contributed by atoms with Gasteiger partial charge in [-0.15, -0.1) is 11.3 Å². The third-order valence-corrected chi connectivity index (χ3v) is 10.9. The first-order chi connectivity index (χ1) is 25.2. The average molecular weight is 672 g/mol. The molecule has 0 spiro atoms. The Balaban J connectivity index is 1.09. The minimum Gasteiger partial charge on any atom is -0.456 e. The number of hydrogen-bond acceptors (Lipinski definition) is 6. The highest BCUT2D eigenvalue weighted by atomic mass is 32.1. The third-order valence-electron chi connectivity index (χ3n) is 9.75. The minimum atomic E-state index is 0.572. The molecule has 0 aliphatic rings. The number of fused-ring (bicyclic) bond motifs is 9. The molecule has 0 atom stereocenters. The molecule has 0 unspecified atom stereocenters. The van der Waals surface area contributed by atoms with E-state index in [4.69, 9.17) is 23.8 Å². The van der Waals surface area contributed by atoms with Crippen molar-refractivity contribution >= 4 is 75.4 Å². The van der Waals surface area contributed by atoms with Gasteiger partial charge in [0.15, 0.2) is 17.5 Å². The maximum Gasteiger partial charge on any atom is 0.164 e. The summed E-state index contributed by atoms with van der Waals surface area (Å²) in [6, 6.07) is 52.3. The smallest absolute Gasteiger partial charge is 0.164 e. The lowest BCUT2D eigenvalue weighted by atomic mass is 10.0. The third kappa shape index (κ3) is 4.58. The van der Waals surface area contributed by atoms with Crippen LogP contribution in [0.3, 0.4) is 0 Å². The van der Waals surface area contributed by atoms with E-state index in [0.717, 1.165) is 71.7 Å². The van der Waals surface area contributed by atoms with Crippen molar-refractivity contribution in [2.24, 2.45) is 0 Å². The Morgan fingerprint density at radius 1 is 0.314 bits per heavy atom. The van der Waals surface area contributed by atoms with E-state index in [0.29, 0.717) is 17.5 Å². The predicted octanol–water partition coefficient (Wildman–Crippen LogP) is 12.7. The lowest BCUT2D eigenvalue weighted by molar-refractivity contribution is 0.669. The second-order valence-corrected chi connectivity index (χ2v) is 13.9. The van der Waals surface area contributed by atoms with Crippen LogP contribution in [0.1, 0.15) is 0 Å². The summed E-state index contributed by atoms with van der Waals surface area (Å²) >= 11 is 1.80. The van der Waals surface area contributed by atoms with Gasteiger partial charge in [-0.25, -0.2) is 15.0 Å². The van der Waals surface area contributed by atoms with Gasteiger partial charge in [0.05, 0.1) is 0 Å². The van der Waals surface area contributed by atoms with Crippen LogP contribution >= 0.6 is 11.3 Å². The van der Waals surface area contributed by atoms with Crippen molar-refractivity contribution in [1.29, 1.82) is 0 Å². The largest absolute Gasteiger partial charge is 0.456 e. The Morgan fingerprint density at radius 2 is 0.784 bits per heavy atom. The first-order valence-corrected chi connectivity index (χ1v) is 17.7. The SMILES string of the molecule is c1ccc(-c2ccc3c(c2)oc2cc(-c4nc(-c5ccc6c(c5)oc5ccccc56)nc(-c5ccc6sc7ccccc7c6c5)n4)ccc23)cc1. The van der Waals surface area contributed by atoms with Gasteiger partial charge >= 0.3 is 0 Å². The molecular formula is C45H25N3O2S. The summed E-state index contributed by atoms with van der Waals surface area (Å²) in [5, 5.41) is 6.69. The van der Waals surface area contributed by atoms with E-state index in [2.05, 4.69) is 115 Å². The Kier molecular flexibility index (Phi) is 6.05. The molecule has 0 aliphatic heterocycles. The second kappa shape index (κ2) is 10.9. The van der Waals surface area contributed by atoms with Gasteiger partial charge in [-0.05, 0) is 77.9 Å². The quantitative estimate of drug-likeness (QED) is 0.186. The van der Waals surface area contributed by atoms with Crippen molar-refractivity contribution in [3.8, 4) is 45.3 Å². The molecule has 0 radical (unpaired) electrons. The van der Waals surface area contributed by atoms with Crippen molar-refractivity contribution < 1.29 is 8.83 Å². The van der Waals surface area contributed by atoms with Crippen LogP contribution < -0.4 is 0 Å². The molecule has 11 rings (SSSR count). The number of para-hydroxylation sites is 1. The standard InChI is InChI=1S/C45H25N3O2S/c1-2-8-26(9-3-1)27-14-18-33-34-20-16-30(25-40(34)50-38(33)23-27)45-47-43(28-17-21-42-36(22-28)35-11-5-7-13-41(35)51-42)46-44(48-45)29-15-19-32-31-10-4-6-12-37(31)49-39(32)24-29/h1-25H. The van der Waals surface area contributed by atoms with E-state index in [1.54, 1.807) is 11.3 Å². The summed E-state index contributed by atoms with van der Waals surface area (Å²) in [6.45, 7) is 0. The molecule has 5 nitrogen and oxygen atoms in total. The Labute approximate surface area is 295 Å². The van der Waals surface area contributed by atoms with Crippen LogP contribution in [0.15, 0.2) is 160 Å². The van der Waals surface area contributed by atoms with E-state index < -0.39 is 0 Å². The second-order valence-electron chi connectivity index (χ2n) is 12.8. The summed E-state index contributed by atoms with van der Waals surface area (Å²) in [7, 11) is 0. The molecule has 7 aromatic carbocycles. The van der Waals surface area contributed by atoms with Crippen molar-refractivity contribution in [2.75, 3.05) is 0 Å². The first-order valence-electron chi connectivity index (χ1n) is 16.8. The summed E-state index contributed by atoms with van der Waals surface area (Å²) < 4.78 is 15.2. The van der Waals surface area contributed by atoms with Gasteiger partial charge in [0, 0.05) is 58.4 Å². The molecule has 4 aromatic heterocycles. The average Bonchev–Trinajstić information content (AvgIpc) is 3.88. The lowest BCUT2D eigenvalue weighted by Crippen LogP contribution is -2.00. The zero-order valence-electron chi connectivity index (χ0n) is 27.0. The zero-order chi connectivity index (χ0) is 33.5. The van der Waals surface area contributed by atoms with Gasteiger partial charge in [-0.1, -0.05) is 84.9 Å². The highest BCUT2D eigenvalue weighted by Crippen LogP contribution is 2.38. The van der Waals surface area contributed by atoms with Crippen LogP contribution in [0.2, 0.25) is 0 Å². The van der Waals surface area contributed by atoms with Crippen LogP contribution in [0, 0.1) is 0 Å². The van der Waals surface area contributed by atoms with Gasteiger partial charge in [-0.3, -0.25) is 0 Å². The number of thiophene rings is 1. The molecule has 0 fully saturated rings. The fourth-order valence-corrected chi connectivity index (χ4v) is 8.31. The molecule has 0 saturated carbocycles. The van der Waals surface area contributed by atoms with Crippen LogP contribution in [0.5, 0.6) is 0 Å². The topological polar surface area (TPSA) is 65.0 Å². The van der Waals surface area contributed by atoms with Crippen LogP contribution in [-0.4, -0.2) is 15.0 Å². The minimum absolute atomic E-state index is 0.572. The van der Waals surface area contributed by atoms with Gasteiger partial charge in [0.25, 0.3) is 0 Å². The normalized spacial score (nSPS) is 11.9. The molecule has 238 valence electrons. The van der Waals surface area contributed by atoms with Crippen LogP contribution in [0.4, 0.5) is 0 Å². The van der Waals surface area contributed by atoms with E-state index in [9.17, 15) is 0 Å². The highest BCUT2D eigenvalue weighted by molar-refractivity contribution is 7.25. The van der Waals surface area contributed by atoms with Crippen molar-refractivity contribution in [1.82, 2.24) is 15.0 Å². The van der Waals surface area contributed by atoms with Gasteiger partial charge < -0.3 is 8.83 Å². The number of hydrogen-bond donors (Lipinski definition) is 0. The Morgan fingerprint density at radius 3 is 1.47 bits per heavy atom. The van der Waals surface area contributed by atoms with Crippen LogP contribution in [-0.2, 0) is 0 Å². The molecule has 0 N–H and O–H groups in total. The monoisotopic (exact) mass is 671 g/mol. The fraction of sp³-hybridized carbons (Fsp3) is 0.